The predicted molar refractivity (Wildman–Crippen MR) is 123 cm³/mol. The number of aromatic amines is 2. The van der Waals surface area contributed by atoms with Crippen LogP contribution in [-0.4, -0.2) is 75.1 Å². The maximum absolute atomic E-state index is 12.5. The summed E-state index contributed by atoms with van der Waals surface area (Å²) in [4.78, 5) is 44.1. The monoisotopic (exact) mass is 465 g/mol. The molecule has 3 rings (SSSR count). The average Bonchev–Trinajstić information content (AvgIpc) is 3.12. The molecule has 2 heterocycles. The molecule has 0 aliphatic carbocycles. The fraction of sp³-hybridized carbons (Fsp3) is 0.333. The molecule has 32 heavy (non-hydrogen) atoms. The third-order valence-electron chi connectivity index (χ3n) is 4.29. The van der Waals surface area contributed by atoms with E-state index in [1.54, 1.807) is 6.07 Å². The molecule has 0 bridgehead atoms. The molecule has 0 unspecified atom stereocenters. The van der Waals surface area contributed by atoms with Gasteiger partial charge in [-0.2, -0.15) is 0 Å². The van der Waals surface area contributed by atoms with Crippen LogP contribution in [0.2, 0.25) is 5.02 Å². The lowest BCUT2D eigenvalue weighted by molar-refractivity contribution is -0.123. The molecule has 0 amide bonds. The minimum atomic E-state index is -0.250. The molecule has 11 heteroatoms. The summed E-state index contributed by atoms with van der Waals surface area (Å²) in [7, 11) is 4.09. The molecular formula is C21H28ClN5O5. The number of hydrogen-bond donors (Lipinski definition) is 4. The molecule has 2 aromatic heterocycles. The van der Waals surface area contributed by atoms with Crippen molar-refractivity contribution < 1.29 is 19.8 Å². The van der Waals surface area contributed by atoms with Gasteiger partial charge in [-0.15, -0.1) is 0 Å². The zero-order chi connectivity index (χ0) is 24.1. The van der Waals surface area contributed by atoms with Crippen molar-refractivity contribution in [2.24, 2.45) is 0 Å². The van der Waals surface area contributed by atoms with Crippen molar-refractivity contribution in [3.63, 3.8) is 0 Å². The Balaban J connectivity index is 0.000000769. The van der Waals surface area contributed by atoms with Gasteiger partial charge in [0.2, 0.25) is 0 Å². The summed E-state index contributed by atoms with van der Waals surface area (Å²) >= 11 is 6.01. The van der Waals surface area contributed by atoms with Crippen molar-refractivity contribution in [1.29, 1.82) is 0 Å². The zero-order valence-corrected chi connectivity index (χ0v) is 19.0. The van der Waals surface area contributed by atoms with Crippen LogP contribution in [0, 0.1) is 6.92 Å². The van der Waals surface area contributed by atoms with Crippen LogP contribution in [0.1, 0.15) is 17.1 Å². The third kappa shape index (κ3) is 9.29. The van der Waals surface area contributed by atoms with Crippen molar-refractivity contribution in [3.8, 4) is 0 Å². The van der Waals surface area contributed by atoms with Crippen LogP contribution >= 0.6 is 11.6 Å². The van der Waals surface area contributed by atoms with E-state index in [4.69, 9.17) is 31.4 Å². The molecule has 0 spiro atoms. The largest absolute Gasteiger partial charge is 0.483 e. The van der Waals surface area contributed by atoms with E-state index in [9.17, 15) is 4.79 Å². The molecule has 0 fully saturated rings. The van der Waals surface area contributed by atoms with Gasteiger partial charge in [0, 0.05) is 54.2 Å². The third-order valence-corrected chi connectivity index (χ3v) is 4.53. The van der Waals surface area contributed by atoms with Crippen molar-refractivity contribution in [1.82, 2.24) is 24.8 Å². The Morgan fingerprint density at radius 1 is 1.06 bits per heavy atom. The smallest absolute Gasteiger partial charge is 0.290 e. The number of H-pyrrole nitrogens is 2. The Bertz CT molecular complexity index is 1040. The summed E-state index contributed by atoms with van der Waals surface area (Å²) < 4.78 is 0. The second-order valence-corrected chi connectivity index (χ2v) is 7.51. The van der Waals surface area contributed by atoms with Crippen LogP contribution < -0.4 is 5.56 Å². The lowest BCUT2D eigenvalue weighted by Gasteiger charge is -2.23. The summed E-state index contributed by atoms with van der Waals surface area (Å²) in [6.07, 6.45) is 1.85. The molecule has 174 valence electrons. The molecule has 0 radical (unpaired) electrons. The van der Waals surface area contributed by atoms with E-state index in [-0.39, 0.29) is 18.5 Å². The normalized spacial score (nSPS) is 10.3. The minimum Gasteiger partial charge on any atom is -0.483 e. The highest BCUT2D eigenvalue weighted by Crippen LogP contribution is 2.18. The van der Waals surface area contributed by atoms with Crippen molar-refractivity contribution >= 4 is 35.4 Å². The highest BCUT2D eigenvalue weighted by Gasteiger charge is 2.12. The second-order valence-electron chi connectivity index (χ2n) is 7.07. The highest BCUT2D eigenvalue weighted by molar-refractivity contribution is 6.31. The van der Waals surface area contributed by atoms with E-state index in [1.165, 1.54) is 0 Å². The number of halogens is 1. The topological polar surface area (TPSA) is 143 Å². The predicted octanol–water partition coefficient (Wildman–Crippen LogP) is 2.18. The quantitative estimate of drug-likeness (QED) is 0.389. The van der Waals surface area contributed by atoms with Gasteiger partial charge >= 0.3 is 0 Å². The number of carboxylic acid groups (broad SMARTS) is 2. The van der Waals surface area contributed by atoms with Gasteiger partial charge in [0.1, 0.15) is 5.82 Å². The van der Waals surface area contributed by atoms with Gasteiger partial charge in [0.15, 0.2) is 0 Å². The van der Waals surface area contributed by atoms with Gasteiger partial charge < -0.3 is 25.1 Å². The highest BCUT2D eigenvalue weighted by atomic mass is 35.5. The van der Waals surface area contributed by atoms with Gasteiger partial charge in [-0.25, -0.2) is 4.98 Å². The number of nitrogens with one attached hydrogen (secondary N) is 2. The van der Waals surface area contributed by atoms with Crippen molar-refractivity contribution in [2.45, 2.75) is 20.0 Å². The van der Waals surface area contributed by atoms with Crippen molar-refractivity contribution in [3.05, 3.63) is 62.9 Å². The van der Waals surface area contributed by atoms with Gasteiger partial charge in [0.25, 0.3) is 18.5 Å². The zero-order valence-electron chi connectivity index (χ0n) is 18.2. The number of pyridine rings is 1. The Labute approximate surface area is 190 Å². The first kappa shape index (κ1) is 26.8. The molecule has 0 saturated heterocycles. The molecule has 0 atom stereocenters. The summed E-state index contributed by atoms with van der Waals surface area (Å²) in [5, 5.41) is 15.4. The van der Waals surface area contributed by atoms with E-state index >= 15 is 0 Å². The van der Waals surface area contributed by atoms with Crippen LogP contribution in [0.4, 0.5) is 0 Å². The molecule has 1 aromatic carbocycles. The summed E-state index contributed by atoms with van der Waals surface area (Å²) in [5.41, 5.74) is 2.48. The molecular weight excluding hydrogens is 438 g/mol. The Kier molecular flexibility index (Phi) is 11.7. The lowest BCUT2D eigenvalue weighted by atomic mass is 10.1. The number of imidazole rings is 1. The molecule has 10 nitrogen and oxygen atoms in total. The van der Waals surface area contributed by atoms with Crippen LogP contribution in [-0.2, 0) is 22.7 Å². The van der Waals surface area contributed by atoms with Gasteiger partial charge in [-0.1, -0.05) is 17.7 Å². The molecule has 0 aliphatic rings. The SMILES string of the molecule is Cc1ncc(CN(CCN(C)C)Cc2cc3ccc(Cl)cc3[nH]c2=O)[nH]1.O=CO.O=CO. The number of fused-ring (bicyclic) bond motifs is 1. The van der Waals surface area contributed by atoms with E-state index < -0.39 is 0 Å². The van der Waals surface area contributed by atoms with E-state index in [2.05, 4.69) is 24.8 Å². The fourth-order valence-corrected chi connectivity index (χ4v) is 3.10. The Hall–Kier alpha value is -3.21. The minimum absolute atomic E-state index is 0.0737. The molecule has 4 N–H and O–H groups in total. The maximum Gasteiger partial charge on any atom is 0.290 e. The van der Waals surface area contributed by atoms with Crippen LogP contribution in [0.15, 0.2) is 35.3 Å². The molecule has 0 aliphatic heterocycles. The van der Waals surface area contributed by atoms with Crippen molar-refractivity contribution in [2.75, 3.05) is 27.2 Å². The number of rotatable bonds is 7. The second kappa shape index (κ2) is 14.0. The number of hydrogen-bond acceptors (Lipinski definition) is 6. The number of aromatic nitrogens is 3. The first-order valence-electron chi connectivity index (χ1n) is 9.58. The summed E-state index contributed by atoms with van der Waals surface area (Å²) in [6, 6.07) is 7.49. The Morgan fingerprint density at radius 2 is 1.72 bits per heavy atom. The van der Waals surface area contributed by atoms with E-state index in [0.29, 0.717) is 18.1 Å². The average molecular weight is 466 g/mol. The Morgan fingerprint density at radius 3 is 2.28 bits per heavy atom. The summed E-state index contributed by atoms with van der Waals surface area (Å²) in [6.45, 7) is 4.48. The van der Waals surface area contributed by atoms with E-state index in [1.807, 2.05) is 45.4 Å². The van der Waals surface area contributed by atoms with Crippen LogP contribution in [0.3, 0.4) is 0 Å². The fourth-order valence-electron chi connectivity index (χ4n) is 2.93. The molecule has 3 aromatic rings. The van der Waals surface area contributed by atoms with Gasteiger partial charge in [-0.3, -0.25) is 19.3 Å². The number of nitrogens with zero attached hydrogens (tertiary/aromatic N) is 3. The maximum atomic E-state index is 12.5. The first-order valence-corrected chi connectivity index (χ1v) is 9.96. The molecule has 0 saturated carbocycles. The summed E-state index contributed by atoms with van der Waals surface area (Å²) in [5.74, 6) is 0.896. The van der Waals surface area contributed by atoms with Gasteiger partial charge in [-0.05, 0) is 44.6 Å². The standard InChI is InChI=1S/C19H24ClN5O.2CH2O2/c1-13-21-10-17(22-13)12-25(7-6-24(2)3)11-15-8-14-4-5-16(20)9-18(14)23-19(15)26;2*2-1-3/h4-5,8-10H,6-7,11-12H2,1-3H3,(H,21,22)(H,23,26);2*1H,(H,2,3). The number of aryl methyl sites for hydroxylation is 1. The van der Waals surface area contributed by atoms with E-state index in [0.717, 1.165) is 41.1 Å². The number of carbonyl (C=O) groups is 2. The number of benzene rings is 1. The number of likely N-dealkylation sites (N-methyl/N-ethyl adjacent to an activating group) is 1. The van der Waals surface area contributed by atoms with Crippen LogP contribution in [0.25, 0.3) is 10.9 Å². The lowest BCUT2D eigenvalue weighted by Crippen LogP contribution is -2.33. The van der Waals surface area contributed by atoms with Crippen LogP contribution in [0.5, 0.6) is 0 Å². The van der Waals surface area contributed by atoms with Gasteiger partial charge in [0.05, 0.1) is 0 Å². The first-order chi connectivity index (χ1) is 15.2.